The summed E-state index contributed by atoms with van der Waals surface area (Å²) in [6.45, 7) is 7.73. The van der Waals surface area contributed by atoms with Crippen molar-refractivity contribution >= 4 is 17.7 Å². The van der Waals surface area contributed by atoms with Gasteiger partial charge >= 0.3 is 0 Å². The van der Waals surface area contributed by atoms with Crippen LogP contribution in [0.3, 0.4) is 0 Å². The van der Waals surface area contributed by atoms with Crippen molar-refractivity contribution in [3.8, 4) is 0 Å². The maximum absolute atomic E-state index is 13.0. The van der Waals surface area contributed by atoms with E-state index < -0.39 is 0 Å². The number of aryl methyl sites for hydroxylation is 1. The molecule has 0 bridgehead atoms. The number of benzene rings is 1. The molecule has 2 aliphatic heterocycles. The fourth-order valence-electron chi connectivity index (χ4n) is 4.12. The normalized spacial score (nSPS) is 19.1. The number of quaternary nitrogens is 1. The summed E-state index contributed by atoms with van der Waals surface area (Å²) < 4.78 is 2.23. The van der Waals surface area contributed by atoms with Crippen LogP contribution >= 0.6 is 11.8 Å². The molecule has 2 aliphatic rings. The molecule has 0 unspecified atom stereocenters. The average molecular weight is 401 g/mol. The number of thioether (sulfide) groups is 1. The highest BCUT2D eigenvalue weighted by molar-refractivity contribution is 8.00. The zero-order valence-electron chi connectivity index (χ0n) is 16.6. The van der Waals surface area contributed by atoms with Crippen molar-refractivity contribution in [1.29, 1.82) is 0 Å². The van der Waals surface area contributed by atoms with Crippen LogP contribution in [0.4, 0.5) is 0 Å². The number of nitrogens with one attached hydrogen (secondary N) is 1. The monoisotopic (exact) mass is 400 g/mol. The van der Waals surface area contributed by atoms with Gasteiger partial charge < -0.3 is 14.4 Å². The van der Waals surface area contributed by atoms with E-state index in [0.717, 1.165) is 56.7 Å². The van der Waals surface area contributed by atoms with Gasteiger partial charge in [-0.3, -0.25) is 4.79 Å². The van der Waals surface area contributed by atoms with Gasteiger partial charge in [-0.2, -0.15) is 0 Å². The predicted molar refractivity (Wildman–Crippen MR) is 110 cm³/mol. The van der Waals surface area contributed by atoms with E-state index >= 15 is 0 Å². The van der Waals surface area contributed by atoms with Crippen molar-refractivity contribution < 1.29 is 9.69 Å². The maximum Gasteiger partial charge on any atom is 0.236 e. The molecule has 4 rings (SSSR count). The Balaban J connectivity index is 1.30. The molecule has 3 heterocycles. The van der Waals surface area contributed by atoms with Gasteiger partial charge in [-0.05, 0) is 19.8 Å². The molecule has 0 saturated carbocycles. The Hall–Kier alpha value is -1.86. The zero-order chi connectivity index (χ0) is 19.3. The Morgan fingerprint density at radius 1 is 1.11 bits per heavy atom. The van der Waals surface area contributed by atoms with Crippen molar-refractivity contribution in [3.63, 3.8) is 0 Å². The smallest absolute Gasteiger partial charge is 0.236 e. The molecule has 1 amide bonds. The summed E-state index contributed by atoms with van der Waals surface area (Å²) in [5.74, 6) is 1.31. The van der Waals surface area contributed by atoms with Gasteiger partial charge in [-0.15, -0.1) is 10.2 Å². The van der Waals surface area contributed by atoms with Crippen LogP contribution in [0.5, 0.6) is 0 Å². The Morgan fingerprint density at radius 2 is 1.89 bits per heavy atom. The molecule has 7 heteroatoms. The van der Waals surface area contributed by atoms with Gasteiger partial charge in [0.25, 0.3) is 0 Å². The highest BCUT2D eigenvalue weighted by Crippen LogP contribution is 2.26. The Morgan fingerprint density at radius 3 is 2.68 bits per heavy atom. The van der Waals surface area contributed by atoms with Gasteiger partial charge in [-0.1, -0.05) is 48.5 Å². The Kier molecular flexibility index (Phi) is 6.32. The minimum atomic E-state index is -0.118. The van der Waals surface area contributed by atoms with E-state index in [1.807, 2.05) is 11.8 Å². The fourth-order valence-corrected chi connectivity index (χ4v) is 5.09. The lowest BCUT2D eigenvalue weighted by Gasteiger charge is -2.33. The molecule has 28 heavy (non-hydrogen) atoms. The first-order chi connectivity index (χ1) is 13.7. The minimum Gasteiger partial charge on any atom is -0.330 e. The standard InChI is InChI=1S/C21H29N5OS/c1-17(28-21-23-22-19-10-6-3-7-11-26(19)21)20(27)25-14-12-24(13-15-25)16-18-8-4-2-5-9-18/h2,4-5,8-9,17H,3,6-7,10-16H2,1H3/p+1/t17-/m0/s1. The second-order valence-corrected chi connectivity index (χ2v) is 9.17. The van der Waals surface area contributed by atoms with Gasteiger partial charge in [0.1, 0.15) is 12.4 Å². The lowest BCUT2D eigenvalue weighted by molar-refractivity contribution is -0.917. The number of hydrogen-bond acceptors (Lipinski definition) is 4. The highest BCUT2D eigenvalue weighted by atomic mass is 32.2. The number of piperazine rings is 1. The first kappa shape index (κ1) is 19.5. The van der Waals surface area contributed by atoms with Crippen molar-refractivity contribution in [2.24, 2.45) is 0 Å². The van der Waals surface area contributed by atoms with Crippen LogP contribution in [0.15, 0.2) is 35.5 Å². The second kappa shape index (κ2) is 9.09. The number of nitrogens with zero attached hydrogens (tertiary/aromatic N) is 4. The Bertz CT molecular complexity index is 785. The van der Waals surface area contributed by atoms with Crippen molar-refractivity contribution in [1.82, 2.24) is 19.7 Å². The zero-order valence-corrected chi connectivity index (χ0v) is 17.5. The Labute approximate surface area is 171 Å². The average Bonchev–Trinajstić information content (AvgIpc) is 2.95. The number of carbonyl (C=O) groups is 1. The lowest BCUT2D eigenvalue weighted by atomic mass is 10.2. The first-order valence-electron chi connectivity index (χ1n) is 10.5. The van der Waals surface area contributed by atoms with Gasteiger partial charge in [0.15, 0.2) is 5.16 Å². The molecule has 0 radical (unpaired) electrons. The number of rotatable bonds is 5. The third kappa shape index (κ3) is 4.58. The fraction of sp³-hybridized carbons (Fsp3) is 0.571. The van der Waals surface area contributed by atoms with E-state index in [0.29, 0.717) is 0 Å². The minimum absolute atomic E-state index is 0.118. The third-order valence-corrected chi connectivity index (χ3v) is 6.85. The van der Waals surface area contributed by atoms with E-state index in [9.17, 15) is 4.79 Å². The van der Waals surface area contributed by atoms with Crippen LogP contribution in [0, 0.1) is 0 Å². The molecule has 1 aromatic heterocycles. The molecule has 6 nitrogen and oxygen atoms in total. The predicted octanol–water partition coefficient (Wildman–Crippen LogP) is 1.41. The van der Waals surface area contributed by atoms with Gasteiger partial charge in [0.05, 0.1) is 31.4 Å². The van der Waals surface area contributed by atoms with Gasteiger partial charge in [-0.25, -0.2) is 0 Å². The van der Waals surface area contributed by atoms with E-state index in [2.05, 4.69) is 45.1 Å². The van der Waals surface area contributed by atoms with Crippen LogP contribution in [0.1, 0.15) is 37.6 Å². The van der Waals surface area contributed by atoms with Crippen molar-refractivity contribution in [3.05, 3.63) is 41.7 Å². The van der Waals surface area contributed by atoms with Crippen LogP contribution in [0.25, 0.3) is 0 Å². The molecule has 0 aliphatic carbocycles. The van der Waals surface area contributed by atoms with Crippen LogP contribution in [-0.2, 0) is 24.3 Å². The van der Waals surface area contributed by atoms with E-state index in [-0.39, 0.29) is 11.2 Å². The van der Waals surface area contributed by atoms with Crippen LogP contribution in [-0.4, -0.2) is 57.0 Å². The number of amides is 1. The molecule has 1 aromatic carbocycles. The summed E-state index contributed by atoms with van der Waals surface area (Å²) in [5.41, 5.74) is 1.37. The van der Waals surface area contributed by atoms with Gasteiger partial charge in [0.2, 0.25) is 5.91 Å². The molecular formula is C21H30N5OS+. The van der Waals surface area contributed by atoms with Crippen LogP contribution in [0.2, 0.25) is 0 Å². The summed E-state index contributed by atoms with van der Waals surface area (Å²) in [6, 6.07) is 10.6. The third-order valence-electron chi connectivity index (χ3n) is 5.78. The summed E-state index contributed by atoms with van der Waals surface area (Å²) in [6.07, 6.45) is 4.61. The number of fused-ring (bicyclic) bond motifs is 1. The highest BCUT2D eigenvalue weighted by Gasteiger charge is 2.29. The summed E-state index contributed by atoms with van der Waals surface area (Å²) >= 11 is 1.57. The van der Waals surface area contributed by atoms with Crippen molar-refractivity contribution in [2.75, 3.05) is 26.2 Å². The van der Waals surface area contributed by atoms with E-state index in [1.165, 1.54) is 24.8 Å². The van der Waals surface area contributed by atoms with Gasteiger partial charge in [0, 0.05) is 18.5 Å². The lowest BCUT2D eigenvalue weighted by Crippen LogP contribution is -3.13. The first-order valence-corrected chi connectivity index (χ1v) is 11.3. The molecule has 2 aromatic rings. The molecule has 150 valence electrons. The second-order valence-electron chi connectivity index (χ2n) is 7.86. The SMILES string of the molecule is C[C@H](Sc1nnc2n1CCCCC2)C(=O)N1CC[NH+](Cc2ccccc2)CC1. The number of hydrogen-bond donors (Lipinski definition) is 1. The molecule has 1 saturated heterocycles. The number of carbonyl (C=O) groups excluding carboxylic acids is 1. The molecule has 1 N–H and O–H groups in total. The summed E-state index contributed by atoms with van der Waals surface area (Å²) in [7, 11) is 0. The van der Waals surface area contributed by atoms with E-state index in [4.69, 9.17) is 0 Å². The van der Waals surface area contributed by atoms with Crippen molar-refractivity contribution in [2.45, 2.75) is 56.1 Å². The molecule has 1 fully saturated rings. The maximum atomic E-state index is 13.0. The van der Waals surface area contributed by atoms with E-state index in [1.54, 1.807) is 16.7 Å². The molecular weight excluding hydrogens is 370 g/mol. The summed E-state index contributed by atoms with van der Waals surface area (Å²) in [5, 5.41) is 9.51. The summed E-state index contributed by atoms with van der Waals surface area (Å²) in [4.78, 5) is 16.6. The van der Waals surface area contributed by atoms with Crippen LogP contribution < -0.4 is 4.90 Å². The molecule has 0 spiro atoms. The molecule has 1 atom stereocenters. The number of aromatic nitrogens is 3. The quantitative estimate of drug-likeness (QED) is 0.771. The topological polar surface area (TPSA) is 55.5 Å². The largest absolute Gasteiger partial charge is 0.330 e.